The van der Waals surface area contributed by atoms with E-state index >= 15 is 0 Å². The lowest BCUT2D eigenvalue weighted by Gasteiger charge is -2.14. The van der Waals surface area contributed by atoms with Gasteiger partial charge in [0.05, 0.1) is 6.21 Å². The van der Waals surface area contributed by atoms with Crippen LogP contribution in [-0.4, -0.2) is 30.3 Å². The van der Waals surface area contributed by atoms with E-state index < -0.39 is 6.09 Å². The minimum absolute atomic E-state index is 0.419. The number of amides is 1. The molecule has 1 rings (SSSR count). The van der Waals surface area contributed by atoms with E-state index in [2.05, 4.69) is 5.16 Å². The molecule has 0 aliphatic rings. The maximum Gasteiger partial charge on any atom is 0.435 e. The van der Waals surface area contributed by atoms with Crippen molar-refractivity contribution in [2.45, 2.75) is 13.8 Å². The van der Waals surface area contributed by atoms with Gasteiger partial charge in [0.15, 0.2) is 0 Å². The largest absolute Gasteiger partial charge is 0.435 e. The van der Waals surface area contributed by atoms with Crippen LogP contribution in [0.4, 0.5) is 4.79 Å². The molecule has 0 aliphatic carbocycles. The summed E-state index contributed by atoms with van der Waals surface area (Å²) >= 11 is 0. The quantitative estimate of drug-likeness (QED) is 0.444. The van der Waals surface area contributed by atoms with E-state index in [9.17, 15) is 4.79 Å². The predicted molar refractivity (Wildman–Crippen MR) is 63.4 cm³/mol. The maximum absolute atomic E-state index is 11.4. The second kappa shape index (κ2) is 6.61. The molecular weight excluding hydrogens is 204 g/mol. The lowest BCUT2D eigenvalue weighted by molar-refractivity contribution is 0.110. The number of carbonyl (C=O) groups is 1. The molecule has 0 aliphatic heterocycles. The second-order valence-corrected chi connectivity index (χ2v) is 3.17. The summed E-state index contributed by atoms with van der Waals surface area (Å²) in [6.07, 6.45) is 1.10. The van der Waals surface area contributed by atoms with E-state index in [1.807, 2.05) is 44.2 Å². The van der Waals surface area contributed by atoms with E-state index in [0.29, 0.717) is 13.1 Å². The molecule has 4 heteroatoms. The Hall–Kier alpha value is -1.84. The van der Waals surface area contributed by atoms with Gasteiger partial charge in [0.2, 0.25) is 0 Å². The van der Waals surface area contributed by atoms with Crippen LogP contribution in [-0.2, 0) is 4.84 Å². The molecule has 86 valence electrons. The van der Waals surface area contributed by atoms with Gasteiger partial charge in [-0.1, -0.05) is 35.5 Å². The smallest absolute Gasteiger partial charge is 0.307 e. The molecule has 0 radical (unpaired) electrons. The molecule has 0 atom stereocenters. The van der Waals surface area contributed by atoms with Crippen LogP contribution >= 0.6 is 0 Å². The molecule has 0 saturated heterocycles. The molecule has 0 spiro atoms. The summed E-state index contributed by atoms with van der Waals surface area (Å²) in [4.78, 5) is 17.7. The normalized spacial score (nSPS) is 10.4. The second-order valence-electron chi connectivity index (χ2n) is 3.17. The van der Waals surface area contributed by atoms with Crippen LogP contribution in [0, 0.1) is 0 Å². The van der Waals surface area contributed by atoms with Crippen LogP contribution in [0.5, 0.6) is 0 Å². The Morgan fingerprint density at radius 2 is 1.94 bits per heavy atom. The summed E-state index contributed by atoms with van der Waals surface area (Å²) in [5, 5.41) is 3.64. The average molecular weight is 220 g/mol. The van der Waals surface area contributed by atoms with E-state index in [1.165, 1.54) is 6.21 Å². The third kappa shape index (κ3) is 3.73. The fraction of sp³-hybridized carbons (Fsp3) is 0.333. The highest BCUT2D eigenvalue weighted by Crippen LogP contribution is 1.96. The minimum Gasteiger partial charge on any atom is -0.307 e. The first-order chi connectivity index (χ1) is 7.77. The van der Waals surface area contributed by atoms with Crippen molar-refractivity contribution in [2.75, 3.05) is 13.1 Å². The molecule has 0 heterocycles. The van der Waals surface area contributed by atoms with Crippen LogP contribution in [0.25, 0.3) is 0 Å². The molecule has 16 heavy (non-hydrogen) atoms. The molecule has 1 aromatic carbocycles. The predicted octanol–water partition coefficient (Wildman–Crippen LogP) is 2.50. The third-order valence-corrected chi connectivity index (χ3v) is 2.15. The van der Waals surface area contributed by atoms with Gasteiger partial charge in [-0.2, -0.15) is 0 Å². The molecule has 0 saturated carbocycles. The topological polar surface area (TPSA) is 41.9 Å². The SMILES string of the molecule is CCN(CC)C(=O)O/N=C/c1ccccc1. The number of rotatable bonds is 4. The average Bonchev–Trinajstić information content (AvgIpc) is 2.32. The summed E-state index contributed by atoms with van der Waals surface area (Å²) < 4.78 is 0. The number of hydrogen-bond donors (Lipinski definition) is 0. The zero-order chi connectivity index (χ0) is 11.8. The Labute approximate surface area is 95.5 Å². The van der Waals surface area contributed by atoms with Gasteiger partial charge < -0.3 is 4.90 Å². The maximum atomic E-state index is 11.4. The minimum atomic E-state index is -0.419. The van der Waals surface area contributed by atoms with E-state index in [1.54, 1.807) is 4.90 Å². The fourth-order valence-corrected chi connectivity index (χ4v) is 1.21. The van der Waals surface area contributed by atoms with Gasteiger partial charge in [-0.3, -0.25) is 4.84 Å². The Kier molecular flexibility index (Phi) is 5.05. The van der Waals surface area contributed by atoms with Gasteiger partial charge in [-0.15, -0.1) is 0 Å². The van der Waals surface area contributed by atoms with Crippen molar-refractivity contribution in [2.24, 2.45) is 5.16 Å². The van der Waals surface area contributed by atoms with Crippen LogP contribution in [0.1, 0.15) is 19.4 Å². The van der Waals surface area contributed by atoms with Gasteiger partial charge in [0, 0.05) is 13.1 Å². The zero-order valence-electron chi connectivity index (χ0n) is 9.59. The van der Waals surface area contributed by atoms with E-state index in [0.717, 1.165) is 5.56 Å². The Balaban J connectivity index is 2.45. The van der Waals surface area contributed by atoms with Crippen LogP contribution in [0.3, 0.4) is 0 Å². The van der Waals surface area contributed by atoms with Crippen LogP contribution in [0.2, 0.25) is 0 Å². The lowest BCUT2D eigenvalue weighted by atomic mass is 10.2. The molecule has 0 N–H and O–H groups in total. The monoisotopic (exact) mass is 220 g/mol. The third-order valence-electron chi connectivity index (χ3n) is 2.15. The van der Waals surface area contributed by atoms with Crippen molar-refractivity contribution < 1.29 is 9.63 Å². The highest BCUT2D eigenvalue weighted by Gasteiger charge is 2.09. The van der Waals surface area contributed by atoms with Crippen molar-refractivity contribution in [3.63, 3.8) is 0 Å². The summed E-state index contributed by atoms with van der Waals surface area (Å²) in [6, 6.07) is 9.48. The highest BCUT2D eigenvalue weighted by molar-refractivity contribution is 5.79. The first-order valence-corrected chi connectivity index (χ1v) is 5.32. The van der Waals surface area contributed by atoms with Crippen molar-refractivity contribution in [1.29, 1.82) is 0 Å². The molecule has 0 bridgehead atoms. The molecule has 4 nitrogen and oxygen atoms in total. The van der Waals surface area contributed by atoms with Gasteiger partial charge in [0.25, 0.3) is 0 Å². The van der Waals surface area contributed by atoms with Crippen molar-refractivity contribution in [3.05, 3.63) is 35.9 Å². The standard InChI is InChI=1S/C12H16N2O2/c1-3-14(4-2)12(15)16-13-10-11-8-6-5-7-9-11/h5-10H,3-4H2,1-2H3/b13-10+. The molecular formula is C12H16N2O2. The number of oxime groups is 1. The Morgan fingerprint density at radius 3 is 2.50 bits per heavy atom. The van der Waals surface area contributed by atoms with Crippen molar-refractivity contribution >= 4 is 12.3 Å². The molecule has 0 unspecified atom stereocenters. The fourth-order valence-electron chi connectivity index (χ4n) is 1.21. The highest BCUT2D eigenvalue weighted by atomic mass is 16.7. The number of hydrogen-bond acceptors (Lipinski definition) is 3. The van der Waals surface area contributed by atoms with E-state index in [4.69, 9.17) is 4.84 Å². The first-order valence-electron chi connectivity index (χ1n) is 5.32. The molecule has 0 fully saturated rings. The van der Waals surface area contributed by atoms with Gasteiger partial charge in [-0.25, -0.2) is 4.79 Å². The summed E-state index contributed by atoms with van der Waals surface area (Å²) in [7, 11) is 0. The number of carbonyl (C=O) groups excluding carboxylic acids is 1. The summed E-state index contributed by atoms with van der Waals surface area (Å²) in [5.74, 6) is 0. The van der Waals surface area contributed by atoms with Crippen molar-refractivity contribution in [1.82, 2.24) is 4.90 Å². The molecule has 1 amide bonds. The summed E-state index contributed by atoms with van der Waals surface area (Å²) in [6.45, 7) is 5.03. The van der Waals surface area contributed by atoms with Crippen LogP contribution < -0.4 is 0 Å². The van der Waals surface area contributed by atoms with Gasteiger partial charge in [0.1, 0.15) is 0 Å². The number of nitrogens with zero attached hydrogens (tertiary/aromatic N) is 2. The molecule has 1 aromatic rings. The van der Waals surface area contributed by atoms with Gasteiger partial charge >= 0.3 is 6.09 Å². The Morgan fingerprint density at radius 1 is 1.31 bits per heavy atom. The molecule has 0 aromatic heterocycles. The first kappa shape index (κ1) is 12.2. The van der Waals surface area contributed by atoms with Crippen LogP contribution in [0.15, 0.2) is 35.5 Å². The van der Waals surface area contributed by atoms with E-state index in [-0.39, 0.29) is 0 Å². The number of benzene rings is 1. The Bertz CT molecular complexity index is 345. The van der Waals surface area contributed by atoms with Crippen molar-refractivity contribution in [3.8, 4) is 0 Å². The van der Waals surface area contributed by atoms with Gasteiger partial charge in [-0.05, 0) is 19.4 Å². The lowest BCUT2D eigenvalue weighted by Crippen LogP contribution is -2.29. The zero-order valence-corrected chi connectivity index (χ0v) is 9.59. The summed E-state index contributed by atoms with van der Waals surface area (Å²) in [5.41, 5.74) is 0.898.